The summed E-state index contributed by atoms with van der Waals surface area (Å²) in [6.07, 6.45) is 1.59. The highest BCUT2D eigenvalue weighted by molar-refractivity contribution is 5.99. The summed E-state index contributed by atoms with van der Waals surface area (Å²) >= 11 is 0. The molecule has 4 rings (SSSR count). The Hall–Kier alpha value is -3.59. The van der Waals surface area contributed by atoms with Gasteiger partial charge in [0.1, 0.15) is 23.3 Å². The van der Waals surface area contributed by atoms with Crippen LogP contribution in [0.25, 0.3) is 0 Å². The number of carbonyl (C=O) groups excluding carboxylic acids is 3. The standard InChI is InChI=1S/C28H35N3O6/c1-5-19(2)29-25(32)24-18-37-28(31(24)27(34)21-8-12-23(36-4)13-9-21)14-16-30(17-15-28)26(33)20-6-10-22(35-3)11-7-20/h6-13,19,24H,5,14-18H2,1-4H3,(H,29,32)/t19-,24+/m1/s1. The number of hydrogen-bond donors (Lipinski definition) is 1. The van der Waals surface area contributed by atoms with Crippen molar-refractivity contribution in [3.05, 3.63) is 59.7 Å². The molecule has 0 unspecified atom stereocenters. The third kappa shape index (κ3) is 5.41. The van der Waals surface area contributed by atoms with Crippen LogP contribution < -0.4 is 14.8 Å². The average Bonchev–Trinajstić information content (AvgIpc) is 3.31. The summed E-state index contributed by atoms with van der Waals surface area (Å²) in [6, 6.07) is 13.1. The molecular weight excluding hydrogens is 474 g/mol. The van der Waals surface area contributed by atoms with Gasteiger partial charge >= 0.3 is 0 Å². The van der Waals surface area contributed by atoms with Crippen LogP contribution in [-0.4, -0.2) is 79.2 Å². The van der Waals surface area contributed by atoms with Gasteiger partial charge in [0.2, 0.25) is 5.91 Å². The first-order valence-electron chi connectivity index (χ1n) is 12.7. The van der Waals surface area contributed by atoms with Crippen LogP contribution in [0.4, 0.5) is 0 Å². The van der Waals surface area contributed by atoms with Crippen LogP contribution in [0, 0.1) is 0 Å². The van der Waals surface area contributed by atoms with Crippen molar-refractivity contribution in [2.45, 2.75) is 50.9 Å². The second-order valence-corrected chi connectivity index (χ2v) is 9.52. The van der Waals surface area contributed by atoms with E-state index in [1.807, 2.05) is 13.8 Å². The Morgan fingerprint density at radius 1 is 0.946 bits per heavy atom. The summed E-state index contributed by atoms with van der Waals surface area (Å²) in [4.78, 5) is 43.5. The van der Waals surface area contributed by atoms with Crippen LogP contribution in [0.1, 0.15) is 53.8 Å². The minimum absolute atomic E-state index is 0.0223. The van der Waals surface area contributed by atoms with E-state index >= 15 is 0 Å². The lowest BCUT2D eigenvalue weighted by molar-refractivity contribution is -0.128. The molecule has 2 fully saturated rings. The SMILES string of the molecule is CC[C@@H](C)NC(=O)[C@@H]1COC2(CCN(C(=O)c3ccc(OC)cc3)CC2)N1C(=O)c1ccc(OC)cc1. The number of likely N-dealkylation sites (tertiary alicyclic amines) is 1. The molecule has 9 nitrogen and oxygen atoms in total. The normalized spacial score (nSPS) is 19.4. The maximum Gasteiger partial charge on any atom is 0.256 e. The lowest BCUT2D eigenvalue weighted by Crippen LogP contribution is -2.60. The molecule has 2 aromatic carbocycles. The number of amides is 3. The number of benzene rings is 2. The van der Waals surface area contributed by atoms with Gasteiger partial charge in [-0.2, -0.15) is 0 Å². The Balaban J connectivity index is 1.56. The highest BCUT2D eigenvalue weighted by Gasteiger charge is 2.54. The van der Waals surface area contributed by atoms with E-state index in [0.29, 0.717) is 48.6 Å². The molecular formula is C28H35N3O6. The molecule has 2 aliphatic rings. The van der Waals surface area contributed by atoms with E-state index in [9.17, 15) is 14.4 Å². The number of hydrogen-bond acceptors (Lipinski definition) is 6. The number of nitrogens with one attached hydrogen (secondary N) is 1. The van der Waals surface area contributed by atoms with E-state index in [2.05, 4.69) is 5.32 Å². The topological polar surface area (TPSA) is 97.4 Å². The second kappa shape index (κ2) is 11.2. The van der Waals surface area contributed by atoms with E-state index in [4.69, 9.17) is 14.2 Å². The van der Waals surface area contributed by atoms with Gasteiger partial charge in [0.15, 0.2) is 0 Å². The van der Waals surface area contributed by atoms with Gasteiger partial charge in [-0.25, -0.2) is 0 Å². The Morgan fingerprint density at radius 3 is 1.95 bits per heavy atom. The maximum atomic E-state index is 13.8. The molecule has 2 aliphatic heterocycles. The zero-order chi connectivity index (χ0) is 26.6. The second-order valence-electron chi connectivity index (χ2n) is 9.52. The summed E-state index contributed by atoms with van der Waals surface area (Å²) in [6.45, 7) is 4.83. The van der Waals surface area contributed by atoms with Crippen molar-refractivity contribution in [2.75, 3.05) is 33.9 Å². The number of piperidine rings is 1. The van der Waals surface area contributed by atoms with Crippen LogP contribution in [0.15, 0.2) is 48.5 Å². The van der Waals surface area contributed by atoms with E-state index in [1.165, 1.54) is 0 Å². The van der Waals surface area contributed by atoms with E-state index in [-0.39, 0.29) is 30.4 Å². The predicted octanol–water partition coefficient (Wildman–Crippen LogP) is 3.09. The molecule has 2 heterocycles. The average molecular weight is 510 g/mol. The van der Waals surface area contributed by atoms with Gasteiger partial charge in [0.05, 0.1) is 20.8 Å². The molecule has 2 saturated heterocycles. The Labute approximate surface area is 217 Å². The predicted molar refractivity (Wildman–Crippen MR) is 138 cm³/mol. The van der Waals surface area contributed by atoms with E-state index in [0.717, 1.165) is 6.42 Å². The minimum atomic E-state index is -0.967. The van der Waals surface area contributed by atoms with Gasteiger partial charge in [-0.3, -0.25) is 19.3 Å². The fourth-order valence-corrected chi connectivity index (χ4v) is 4.86. The highest BCUT2D eigenvalue weighted by Crippen LogP contribution is 2.39. The van der Waals surface area contributed by atoms with Crippen LogP contribution in [0.5, 0.6) is 11.5 Å². The van der Waals surface area contributed by atoms with Crippen molar-refractivity contribution in [3.8, 4) is 11.5 Å². The van der Waals surface area contributed by atoms with Gasteiger partial charge in [0.25, 0.3) is 11.8 Å². The molecule has 0 bridgehead atoms. The minimum Gasteiger partial charge on any atom is -0.497 e. The van der Waals surface area contributed by atoms with Crippen LogP contribution in [-0.2, 0) is 9.53 Å². The molecule has 0 radical (unpaired) electrons. The van der Waals surface area contributed by atoms with Crippen LogP contribution in [0.3, 0.4) is 0 Å². The molecule has 1 spiro atoms. The molecule has 3 amide bonds. The summed E-state index contributed by atoms with van der Waals surface area (Å²) < 4.78 is 16.7. The van der Waals surface area contributed by atoms with E-state index < -0.39 is 11.8 Å². The quantitative estimate of drug-likeness (QED) is 0.616. The Bertz CT molecular complexity index is 1110. The molecule has 0 aromatic heterocycles. The first kappa shape index (κ1) is 26.5. The van der Waals surface area contributed by atoms with Crippen molar-refractivity contribution in [3.63, 3.8) is 0 Å². The number of ether oxygens (including phenoxy) is 3. The molecule has 2 aromatic rings. The number of methoxy groups -OCH3 is 2. The summed E-state index contributed by atoms with van der Waals surface area (Å²) in [5.74, 6) is 0.724. The lowest BCUT2D eigenvalue weighted by Gasteiger charge is -2.44. The van der Waals surface area contributed by atoms with Crippen LogP contribution in [0.2, 0.25) is 0 Å². The van der Waals surface area contributed by atoms with Crippen molar-refractivity contribution in [2.24, 2.45) is 0 Å². The molecule has 0 saturated carbocycles. The number of carbonyl (C=O) groups is 3. The van der Waals surface area contributed by atoms with Crippen molar-refractivity contribution >= 4 is 17.7 Å². The molecule has 0 aliphatic carbocycles. The molecule has 198 valence electrons. The third-order valence-electron chi connectivity index (χ3n) is 7.29. The zero-order valence-electron chi connectivity index (χ0n) is 21.9. The van der Waals surface area contributed by atoms with Gasteiger partial charge in [-0.15, -0.1) is 0 Å². The fraction of sp³-hybridized carbons (Fsp3) is 0.464. The van der Waals surface area contributed by atoms with Crippen molar-refractivity contribution in [1.29, 1.82) is 0 Å². The summed E-state index contributed by atoms with van der Waals surface area (Å²) in [5, 5.41) is 3.00. The monoisotopic (exact) mass is 509 g/mol. The molecule has 9 heteroatoms. The van der Waals surface area contributed by atoms with Gasteiger partial charge < -0.3 is 24.4 Å². The Kier molecular flexibility index (Phi) is 8.02. The summed E-state index contributed by atoms with van der Waals surface area (Å²) in [7, 11) is 3.15. The number of rotatable bonds is 7. The smallest absolute Gasteiger partial charge is 0.256 e. The van der Waals surface area contributed by atoms with Crippen molar-refractivity contribution in [1.82, 2.24) is 15.1 Å². The fourth-order valence-electron chi connectivity index (χ4n) is 4.86. The lowest BCUT2D eigenvalue weighted by atomic mass is 9.96. The van der Waals surface area contributed by atoms with Gasteiger partial charge in [0, 0.05) is 43.1 Å². The Morgan fingerprint density at radius 2 is 1.46 bits per heavy atom. The van der Waals surface area contributed by atoms with E-state index in [1.54, 1.807) is 72.6 Å². The largest absolute Gasteiger partial charge is 0.497 e. The van der Waals surface area contributed by atoms with Gasteiger partial charge in [-0.05, 0) is 61.9 Å². The van der Waals surface area contributed by atoms with Crippen molar-refractivity contribution < 1.29 is 28.6 Å². The van der Waals surface area contributed by atoms with Gasteiger partial charge in [-0.1, -0.05) is 6.92 Å². The molecule has 2 atom stereocenters. The van der Waals surface area contributed by atoms with Crippen LogP contribution >= 0.6 is 0 Å². The maximum absolute atomic E-state index is 13.8. The summed E-state index contributed by atoms with van der Waals surface area (Å²) in [5.41, 5.74) is 0.0512. The molecule has 37 heavy (non-hydrogen) atoms. The molecule has 1 N–H and O–H groups in total. The first-order chi connectivity index (χ1) is 17.8. The highest BCUT2D eigenvalue weighted by atomic mass is 16.5. The first-order valence-corrected chi connectivity index (χ1v) is 12.7. The zero-order valence-corrected chi connectivity index (χ0v) is 21.9. The number of nitrogens with zero attached hydrogens (tertiary/aromatic N) is 2. The third-order valence-corrected chi connectivity index (χ3v) is 7.29.